The highest BCUT2D eigenvalue weighted by Gasteiger charge is 2.15. The molecule has 0 saturated heterocycles. The van der Waals surface area contributed by atoms with Crippen LogP contribution in [0.3, 0.4) is 0 Å². The van der Waals surface area contributed by atoms with Gasteiger partial charge in [-0.25, -0.2) is 4.98 Å². The zero-order chi connectivity index (χ0) is 15.4. The Morgan fingerprint density at radius 2 is 2.13 bits per heavy atom. The first-order valence-corrected chi connectivity index (χ1v) is 7.65. The van der Waals surface area contributed by atoms with E-state index in [2.05, 4.69) is 10.3 Å². The number of nitrogens with two attached hydrogens (primary N) is 1. The van der Waals surface area contributed by atoms with Crippen LogP contribution < -0.4 is 15.8 Å². The second-order valence-corrected chi connectivity index (χ2v) is 5.69. The molecular weight excluding hydrogens is 381 g/mol. The quantitative estimate of drug-likeness (QED) is 0.752. The molecule has 1 heterocycles. The molecule has 5 nitrogen and oxygen atoms in total. The number of aromatic nitrogens is 1. The summed E-state index contributed by atoms with van der Waals surface area (Å²) in [5.74, 6) is 0.113. The number of anilines is 1. The summed E-state index contributed by atoms with van der Waals surface area (Å²) in [7, 11) is 1.48. The number of nitrogen functional groups attached to an aromatic ring is 1. The molecule has 0 unspecified atom stereocenters. The third-order valence-corrected chi connectivity index (χ3v) is 4.26. The smallest absolute Gasteiger partial charge is 0.255 e. The number of benzene rings is 1. The summed E-state index contributed by atoms with van der Waals surface area (Å²) in [5, 5.41) is 6.11. The van der Waals surface area contributed by atoms with E-state index in [1.807, 2.05) is 12.3 Å². The van der Waals surface area contributed by atoms with Crippen molar-refractivity contribution in [1.29, 1.82) is 0 Å². The Kier molecular flexibility index (Phi) is 9.31. The summed E-state index contributed by atoms with van der Waals surface area (Å²) in [6.07, 6.45) is 0.889. The Bertz CT molecular complexity index is 665. The third-order valence-electron chi connectivity index (χ3n) is 2.90. The molecule has 9 heteroatoms. The fourth-order valence-corrected chi connectivity index (χ4v) is 2.68. The maximum absolute atomic E-state index is 12.2. The van der Waals surface area contributed by atoms with E-state index in [9.17, 15) is 4.79 Å². The molecule has 23 heavy (non-hydrogen) atoms. The molecule has 1 amide bonds. The molecule has 1 aromatic carbocycles. The average molecular weight is 399 g/mol. The Morgan fingerprint density at radius 1 is 1.43 bits per heavy atom. The van der Waals surface area contributed by atoms with Crippen molar-refractivity contribution < 1.29 is 9.53 Å². The summed E-state index contributed by atoms with van der Waals surface area (Å²) in [6.45, 7) is 2.41. The van der Waals surface area contributed by atoms with Gasteiger partial charge >= 0.3 is 0 Å². The topological polar surface area (TPSA) is 77.2 Å². The van der Waals surface area contributed by atoms with E-state index < -0.39 is 0 Å². The number of carbonyl (C=O) groups is 1. The number of hydrogen-bond donors (Lipinski definition) is 2. The number of nitrogens with zero attached hydrogens (tertiary/aromatic N) is 1. The van der Waals surface area contributed by atoms with Gasteiger partial charge < -0.3 is 15.8 Å². The van der Waals surface area contributed by atoms with Crippen LogP contribution in [0, 0.1) is 0 Å². The second-order valence-electron chi connectivity index (χ2n) is 4.34. The van der Waals surface area contributed by atoms with Crippen molar-refractivity contribution in [3.63, 3.8) is 0 Å². The highest BCUT2D eigenvalue weighted by atomic mass is 35.5. The van der Waals surface area contributed by atoms with Gasteiger partial charge in [0.15, 0.2) is 0 Å². The minimum atomic E-state index is -0.278. The summed E-state index contributed by atoms with van der Waals surface area (Å²) in [5.41, 5.74) is 7.26. The third kappa shape index (κ3) is 5.42. The zero-order valence-electron chi connectivity index (χ0n) is 12.6. The van der Waals surface area contributed by atoms with Crippen molar-refractivity contribution in [2.75, 3.05) is 12.8 Å². The SMILES string of the molecule is CCc1nc(CNC(=O)c2cc(Cl)c(N)cc2OC)cs1.Cl.Cl. The van der Waals surface area contributed by atoms with Gasteiger partial charge in [0.2, 0.25) is 0 Å². The first-order valence-electron chi connectivity index (χ1n) is 6.39. The molecular formula is C14H18Cl3N3O2S. The molecule has 0 saturated carbocycles. The van der Waals surface area contributed by atoms with Gasteiger partial charge in [-0.1, -0.05) is 18.5 Å². The maximum Gasteiger partial charge on any atom is 0.255 e. The second kappa shape index (κ2) is 9.82. The molecule has 2 aromatic rings. The Balaban J connectivity index is 0.00000242. The number of methoxy groups -OCH3 is 1. The number of halogens is 3. The zero-order valence-corrected chi connectivity index (χ0v) is 15.8. The number of ether oxygens (including phenoxy) is 1. The summed E-state index contributed by atoms with van der Waals surface area (Å²) < 4.78 is 5.16. The normalized spacial score (nSPS) is 9.52. The minimum absolute atomic E-state index is 0. The molecule has 0 spiro atoms. The van der Waals surface area contributed by atoms with E-state index in [1.165, 1.54) is 19.2 Å². The van der Waals surface area contributed by atoms with Gasteiger partial charge in [-0.3, -0.25) is 4.79 Å². The predicted octanol–water partition coefficient (Wildman–Crippen LogP) is 3.72. The minimum Gasteiger partial charge on any atom is -0.496 e. The van der Waals surface area contributed by atoms with Crippen LogP contribution in [0.1, 0.15) is 28.0 Å². The molecule has 2 rings (SSSR count). The first kappa shape index (κ1) is 21.8. The summed E-state index contributed by atoms with van der Waals surface area (Å²) in [4.78, 5) is 16.6. The molecule has 0 aliphatic rings. The summed E-state index contributed by atoms with van der Waals surface area (Å²) in [6, 6.07) is 3.04. The molecule has 128 valence electrons. The number of rotatable bonds is 5. The van der Waals surface area contributed by atoms with Crippen LogP contribution in [0.4, 0.5) is 5.69 Å². The fraction of sp³-hybridized carbons (Fsp3) is 0.286. The van der Waals surface area contributed by atoms with Crippen LogP contribution in [-0.4, -0.2) is 18.0 Å². The van der Waals surface area contributed by atoms with Crippen LogP contribution in [-0.2, 0) is 13.0 Å². The molecule has 3 N–H and O–H groups in total. The lowest BCUT2D eigenvalue weighted by molar-refractivity contribution is 0.0947. The van der Waals surface area contributed by atoms with Crippen molar-refractivity contribution >= 4 is 59.3 Å². The van der Waals surface area contributed by atoms with Crippen LogP contribution >= 0.6 is 47.8 Å². The fourth-order valence-electron chi connectivity index (χ4n) is 1.77. The van der Waals surface area contributed by atoms with Gasteiger partial charge in [0.1, 0.15) is 5.75 Å². The van der Waals surface area contributed by atoms with E-state index >= 15 is 0 Å². The van der Waals surface area contributed by atoms with E-state index in [-0.39, 0.29) is 30.7 Å². The van der Waals surface area contributed by atoms with E-state index in [0.29, 0.717) is 28.6 Å². The van der Waals surface area contributed by atoms with E-state index in [4.69, 9.17) is 22.1 Å². The number of thiazole rings is 1. The Morgan fingerprint density at radius 3 is 2.70 bits per heavy atom. The predicted molar refractivity (Wildman–Crippen MR) is 99.6 cm³/mol. The molecule has 0 radical (unpaired) electrons. The maximum atomic E-state index is 12.2. The van der Waals surface area contributed by atoms with Gasteiger partial charge in [-0.2, -0.15) is 0 Å². The Labute approximate surface area is 156 Å². The van der Waals surface area contributed by atoms with Crippen molar-refractivity contribution in [2.24, 2.45) is 0 Å². The number of nitrogens with one attached hydrogen (secondary N) is 1. The van der Waals surface area contributed by atoms with Gasteiger partial charge in [0.05, 0.1) is 40.6 Å². The van der Waals surface area contributed by atoms with Crippen molar-refractivity contribution in [3.8, 4) is 5.75 Å². The average Bonchev–Trinajstić information content (AvgIpc) is 2.95. The summed E-state index contributed by atoms with van der Waals surface area (Å²) >= 11 is 7.54. The van der Waals surface area contributed by atoms with Crippen LogP contribution in [0.2, 0.25) is 5.02 Å². The molecule has 0 aliphatic carbocycles. The van der Waals surface area contributed by atoms with Gasteiger partial charge in [0.25, 0.3) is 5.91 Å². The van der Waals surface area contributed by atoms with E-state index in [0.717, 1.165) is 17.1 Å². The number of aryl methyl sites for hydroxylation is 1. The van der Waals surface area contributed by atoms with Crippen molar-refractivity contribution in [1.82, 2.24) is 10.3 Å². The van der Waals surface area contributed by atoms with Gasteiger partial charge in [-0.15, -0.1) is 36.2 Å². The van der Waals surface area contributed by atoms with Crippen LogP contribution in [0.5, 0.6) is 5.75 Å². The van der Waals surface area contributed by atoms with Crippen LogP contribution in [0.15, 0.2) is 17.5 Å². The molecule has 1 aromatic heterocycles. The number of amides is 1. The lowest BCUT2D eigenvalue weighted by Gasteiger charge is -2.10. The molecule has 0 atom stereocenters. The number of carbonyl (C=O) groups excluding carboxylic acids is 1. The number of hydrogen-bond acceptors (Lipinski definition) is 5. The monoisotopic (exact) mass is 397 g/mol. The molecule has 0 fully saturated rings. The highest BCUT2D eigenvalue weighted by molar-refractivity contribution is 7.09. The van der Waals surface area contributed by atoms with Crippen molar-refractivity contribution in [3.05, 3.63) is 38.8 Å². The van der Waals surface area contributed by atoms with Gasteiger partial charge in [-0.05, 0) is 12.5 Å². The largest absolute Gasteiger partial charge is 0.496 e. The van der Waals surface area contributed by atoms with Gasteiger partial charge in [0, 0.05) is 11.4 Å². The van der Waals surface area contributed by atoms with Crippen LogP contribution in [0.25, 0.3) is 0 Å². The molecule has 0 bridgehead atoms. The molecule has 0 aliphatic heterocycles. The Hall–Kier alpha value is -1.21. The standard InChI is InChI=1S/C14H16ClN3O2S.2ClH/c1-3-13-18-8(7-21-13)6-17-14(19)9-4-10(15)11(16)5-12(9)20-2;;/h4-5,7H,3,6,16H2,1-2H3,(H,17,19);2*1H. The lowest BCUT2D eigenvalue weighted by Crippen LogP contribution is -2.23. The van der Waals surface area contributed by atoms with E-state index in [1.54, 1.807) is 11.3 Å². The lowest BCUT2D eigenvalue weighted by atomic mass is 10.1. The first-order chi connectivity index (χ1) is 10.0. The highest BCUT2D eigenvalue weighted by Crippen LogP contribution is 2.28. The van der Waals surface area contributed by atoms with Crippen molar-refractivity contribution in [2.45, 2.75) is 19.9 Å².